The molecule has 128 valence electrons. The van der Waals surface area contributed by atoms with Gasteiger partial charge in [0.05, 0.1) is 5.92 Å². The summed E-state index contributed by atoms with van der Waals surface area (Å²) in [6.45, 7) is 6.37. The first-order valence-corrected chi connectivity index (χ1v) is 9.01. The summed E-state index contributed by atoms with van der Waals surface area (Å²) in [5.41, 5.74) is 1.23. The lowest BCUT2D eigenvalue weighted by molar-refractivity contribution is -0.125. The third-order valence-electron chi connectivity index (χ3n) is 5.08. The van der Waals surface area contributed by atoms with Gasteiger partial charge in [0.15, 0.2) is 0 Å². The molecule has 0 heterocycles. The maximum atomic E-state index is 12.7. The van der Waals surface area contributed by atoms with E-state index in [4.69, 9.17) is 5.11 Å². The van der Waals surface area contributed by atoms with Crippen molar-refractivity contribution in [1.29, 1.82) is 0 Å². The lowest BCUT2D eigenvalue weighted by Crippen LogP contribution is -2.44. The molecule has 1 fully saturated rings. The van der Waals surface area contributed by atoms with Crippen LogP contribution in [0.25, 0.3) is 0 Å². The summed E-state index contributed by atoms with van der Waals surface area (Å²) >= 11 is 0. The summed E-state index contributed by atoms with van der Waals surface area (Å²) in [4.78, 5) is 12.7. The van der Waals surface area contributed by atoms with Crippen LogP contribution in [0, 0.1) is 17.8 Å². The fourth-order valence-corrected chi connectivity index (χ4v) is 4.08. The van der Waals surface area contributed by atoms with Crippen LogP contribution in [0.3, 0.4) is 0 Å². The lowest BCUT2D eigenvalue weighted by Gasteiger charge is -2.32. The fraction of sp³-hybridized carbons (Fsp3) is 0.842. The number of rotatable bonds is 4. The normalized spacial score (nSPS) is 29.3. The Kier molecular flexibility index (Phi) is 6.08. The minimum absolute atomic E-state index is 0. The summed E-state index contributed by atoms with van der Waals surface area (Å²) in [5.74, 6) is 1.65. The fourth-order valence-electron chi connectivity index (χ4n) is 4.08. The van der Waals surface area contributed by atoms with Crippen LogP contribution in [-0.2, 0) is 4.79 Å². The highest BCUT2D eigenvalue weighted by Gasteiger charge is 2.33. The minimum atomic E-state index is -0.172. The number of hydrogen-bond donors (Lipinski definition) is 2. The zero-order valence-electron chi connectivity index (χ0n) is 14.5. The van der Waals surface area contributed by atoms with Gasteiger partial charge in [-0.05, 0) is 64.7 Å². The van der Waals surface area contributed by atoms with Crippen molar-refractivity contribution in [3.8, 4) is 0 Å². The van der Waals surface area contributed by atoms with Crippen molar-refractivity contribution in [1.82, 2.24) is 5.32 Å². The molecule has 3 nitrogen and oxygen atoms in total. The molecule has 2 aliphatic carbocycles. The number of carbonyl (C=O) groups is 1. The van der Waals surface area contributed by atoms with Crippen LogP contribution in [0.4, 0.5) is 0 Å². The van der Waals surface area contributed by atoms with E-state index in [1.807, 2.05) is 20.8 Å². The van der Waals surface area contributed by atoms with Gasteiger partial charge in [0.1, 0.15) is 0 Å². The van der Waals surface area contributed by atoms with E-state index in [1.54, 1.807) is 0 Å². The molecular weight excluding hydrogens is 274 g/mol. The molecule has 0 bridgehead atoms. The van der Waals surface area contributed by atoms with Crippen molar-refractivity contribution in [2.75, 3.05) is 6.61 Å². The molecule has 0 radical (unpaired) electrons. The van der Waals surface area contributed by atoms with Gasteiger partial charge in [-0.25, -0.2) is 0 Å². The molecule has 22 heavy (non-hydrogen) atoms. The SMILES string of the molecule is CC(C)(C)NC(=O)[C@H]1C=C(CCCO)C[C@H]2CCCC[C@H]2C1.[HH]. The van der Waals surface area contributed by atoms with Crippen molar-refractivity contribution in [2.24, 2.45) is 17.8 Å². The van der Waals surface area contributed by atoms with E-state index < -0.39 is 0 Å². The summed E-state index contributed by atoms with van der Waals surface area (Å²) in [6.07, 6.45) is 11.4. The Bertz CT molecular complexity index is 414. The van der Waals surface area contributed by atoms with Gasteiger partial charge in [-0.15, -0.1) is 0 Å². The highest BCUT2D eigenvalue weighted by atomic mass is 16.2. The highest BCUT2D eigenvalue weighted by molar-refractivity contribution is 5.81. The Balaban J connectivity index is 0.00000264. The van der Waals surface area contributed by atoms with Crippen molar-refractivity contribution >= 4 is 5.91 Å². The van der Waals surface area contributed by atoms with Gasteiger partial charge in [0, 0.05) is 13.6 Å². The van der Waals surface area contributed by atoms with Gasteiger partial charge in [0.25, 0.3) is 0 Å². The smallest absolute Gasteiger partial charge is 0.227 e. The molecule has 0 aromatic heterocycles. The number of aliphatic hydroxyl groups is 1. The third-order valence-corrected chi connectivity index (χ3v) is 5.08. The van der Waals surface area contributed by atoms with Crippen LogP contribution in [0.2, 0.25) is 0 Å². The Labute approximate surface area is 137 Å². The largest absolute Gasteiger partial charge is 0.396 e. The van der Waals surface area contributed by atoms with Crippen LogP contribution in [0.1, 0.15) is 73.6 Å². The molecule has 0 spiro atoms. The van der Waals surface area contributed by atoms with Crippen molar-refractivity contribution in [2.45, 2.75) is 77.7 Å². The third kappa shape index (κ3) is 5.12. The van der Waals surface area contributed by atoms with E-state index in [1.165, 1.54) is 31.3 Å². The van der Waals surface area contributed by atoms with Crippen molar-refractivity contribution in [3.63, 3.8) is 0 Å². The van der Waals surface area contributed by atoms with E-state index in [2.05, 4.69) is 11.4 Å². The first-order valence-electron chi connectivity index (χ1n) is 9.01. The number of nitrogens with one attached hydrogen (secondary N) is 1. The van der Waals surface area contributed by atoms with E-state index in [-0.39, 0.29) is 25.4 Å². The average molecular weight is 309 g/mol. The van der Waals surface area contributed by atoms with Crippen molar-refractivity contribution < 1.29 is 11.3 Å². The van der Waals surface area contributed by atoms with Gasteiger partial charge in [0.2, 0.25) is 5.91 Å². The van der Waals surface area contributed by atoms with Crippen molar-refractivity contribution in [3.05, 3.63) is 11.6 Å². The predicted octanol–water partition coefficient (Wildman–Crippen LogP) is 4.06. The number of aliphatic hydroxyl groups excluding tert-OH is 1. The van der Waals surface area contributed by atoms with Crippen LogP contribution in [0.5, 0.6) is 0 Å². The number of amides is 1. The molecule has 1 saturated carbocycles. The molecule has 0 unspecified atom stereocenters. The zero-order chi connectivity index (χ0) is 16.2. The summed E-state index contributed by atoms with van der Waals surface area (Å²) in [6, 6.07) is 0. The molecule has 0 aliphatic heterocycles. The quantitative estimate of drug-likeness (QED) is 0.769. The molecular formula is C19H35NO2. The number of fused-ring (bicyclic) bond motifs is 1. The molecule has 0 saturated heterocycles. The van der Waals surface area contributed by atoms with Crippen LogP contribution in [-0.4, -0.2) is 23.2 Å². The Morgan fingerprint density at radius 1 is 1.32 bits per heavy atom. The van der Waals surface area contributed by atoms with Gasteiger partial charge in [-0.3, -0.25) is 4.79 Å². The second-order valence-corrected chi connectivity index (χ2v) is 8.24. The first-order chi connectivity index (χ1) is 10.4. The van der Waals surface area contributed by atoms with Gasteiger partial charge < -0.3 is 10.4 Å². The number of carbonyl (C=O) groups excluding carboxylic acids is 1. The van der Waals surface area contributed by atoms with E-state index in [0.29, 0.717) is 5.92 Å². The Hall–Kier alpha value is -0.830. The second-order valence-electron chi connectivity index (χ2n) is 8.24. The minimum Gasteiger partial charge on any atom is -0.396 e. The van der Waals surface area contributed by atoms with E-state index in [0.717, 1.165) is 31.6 Å². The van der Waals surface area contributed by atoms with Gasteiger partial charge in [-0.2, -0.15) is 0 Å². The Morgan fingerprint density at radius 3 is 2.64 bits per heavy atom. The molecule has 3 heteroatoms. The molecule has 2 rings (SSSR count). The number of allylic oxidation sites excluding steroid dienone is 1. The first kappa shape index (κ1) is 17.5. The molecule has 0 aromatic carbocycles. The molecule has 2 N–H and O–H groups in total. The molecule has 1 amide bonds. The molecule has 0 aromatic rings. The lowest BCUT2D eigenvalue weighted by atomic mass is 9.74. The van der Waals surface area contributed by atoms with E-state index in [9.17, 15) is 4.79 Å². The second kappa shape index (κ2) is 7.63. The standard InChI is InChI=1S/C19H33NO2.H2/c1-19(2,3)20-18(22)17-12-14(7-6-10-21)11-15-8-4-5-9-16(15)13-17;/h12,15-17,21H,4-11,13H2,1-3H3,(H,20,22);1H/t15-,16+,17+;/m1./s1. The van der Waals surface area contributed by atoms with Crippen LogP contribution < -0.4 is 5.32 Å². The summed E-state index contributed by atoms with van der Waals surface area (Å²) in [5, 5.41) is 12.3. The average Bonchev–Trinajstić information content (AvgIpc) is 2.62. The topological polar surface area (TPSA) is 49.3 Å². The maximum absolute atomic E-state index is 12.7. The summed E-state index contributed by atoms with van der Waals surface area (Å²) < 4.78 is 0. The van der Waals surface area contributed by atoms with E-state index >= 15 is 0 Å². The predicted molar refractivity (Wildman–Crippen MR) is 92.6 cm³/mol. The monoisotopic (exact) mass is 309 g/mol. The van der Waals surface area contributed by atoms with Crippen LogP contribution >= 0.6 is 0 Å². The van der Waals surface area contributed by atoms with Gasteiger partial charge >= 0.3 is 0 Å². The Morgan fingerprint density at radius 2 is 2.00 bits per heavy atom. The summed E-state index contributed by atoms with van der Waals surface area (Å²) in [7, 11) is 0. The highest BCUT2D eigenvalue weighted by Crippen LogP contribution is 2.41. The number of hydrogen-bond acceptors (Lipinski definition) is 2. The maximum Gasteiger partial charge on any atom is 0.227 e. The zero-order valence-corrected chi connectivity index (χ0v) is 14.5. The molecule has 3 atom stereocenters. The molecule has 2 aliphatic rings. The van der Waals surface area contributed by atoms with Crippen LogP contribution in [0.15, 0.2) is 11.6 Å². The van der Waals surface area contributed by atoms with Gasteiger partial charge in [-0.1, -0.05) is 30.9 Å².